The number of aromatic carboxylic acids is 2. The van der Waals surface area contributed by atoms with E-state index in [0.29, 0.717) is 0 Å². The van der Waals surface area contributed by atoms with E-state index in [1.165, 1.54) is 12.1 Å². The van der Waals surface area contributed by atoms with E-state index in [1.54, 1.807) is 0 Å². The summed E-state index contributed by atoms with van der Waals surface area (Å²) in [7, 11) is 0. The molecule has 2 N–H and O–H groups in total. The summed E-state index contributed by atoms with van der Waals surface area (Å²) in [4.78, 5) is 25.2. The minimum absolute atomic E-state index is 0.135. The van der Waals surface area contributed by atoms with Crippen molar-refractivity contribution in [2.75, 3.05) is 0 Å². The summed E-state index contributed by atoms with van der Waals surface area (Å²) in [6.45, 7) is 0. The number of hydrogen-bond acceptors (Lipinski definition) is 4. The van der Waals surface area contributed by atoms with Crippen molar-refractivity contribution < 1.29 is 28.6 Å². The first-order valence-corrected chi connectivity index (χ1v) is 5.62. The molecule has 0 fully saturated rings. The number of carbonyl (C=O) groups is 2. The van der Waals surface area contributed by atoms with Crippen molar-refractivity contribution in [3.8, 4) is 11.5 Å². The average Bonchev–Trinajstić information content (AvgIpc) is 2.78. The molecule has 98 valence electrons. The van der Waals surface area contributed by atoms with Gasteiger partial charge in [0.1, 0.15) is 5.82 Å². The van der Waals surface area contributed by atoms with E-state index < -0.39 is 29.2 Å². The second kappa shape index (κ2) is 4.81. The molecule has 1 aromatic carbocycles. The van der Waals surface area contributed by atoms with Gasteiger partial charge in [-0.2, -0.15) is 0 Å². The highest BCUT2D eigenvalue weighted by atomic mass is 79.9. The number of rotatable bonds is 3. The fourth-order valence-corrected chi connectivity index (χ4v) is 1.61. The standard InChI is InChI=1S/C11H5BrFNO5/c12-5-2-1-4(3-6(5)13)9-14-7(10(15)16)8(19-9)11(17)18/h1-3H,(H,15,16)(H,17,18). The molecule has 1 aromatic heterocycles. The Hall–Kier alpha value is -2.22. The van der Waals surface area contributed by atoms with Crippen molar-refractivity contribution in [2.24, 2.45) is 0 Å². The topological polar surface area (TPSA) is 101 Å². The summed E-state index contributed by atoms with van der Waals surface area (Å²) in [5, 5.41) is 17.6. The Bertz CT molecular complexity index is 650. The highest BCUT2D eigenvalue weighted by molar-refractivity contribution is 9.10. The summed E-state index contributed by atoms with van der Waals surface area (Å²) in [6, 6.07) is 3.83. The first-order chi connectivity index (χ1) is 8.90. The van der Waals surface area contributed by atoms with Crippen LogP contribution < -0.4 is 0 Å². The lowest BCUT2D eigenvalue weighted by Gasteiger charge is -1.97. The molecule has 2 aromatic rings. The van der Waals surface area contributed by atoms with Crippen LogP contribution in [0.15, 0.2) is 27.1 Å². The Balaban J connectivity index is 2.57. The molecule has 0 aliphatic heterocycles. The van der Waals surface area contributed by atoms with Gasteiger partial charge in [0.15, 0.2) is 0 Å². The third-order valence-electron chi connectivity index (χ3n) is 2.19. The van der Waals surface area contributed by atoms with Gasteiger partial charge < -0.3 is 14.6 Å². The van der Waals surface area contributed by atoms with Gasteiger partial charge in [-0.25, -0.2) is 19.0 Å². The second-order valence-electron chi connectivity index (χ2n) is 3.44. The maximum absolute atomic E-state index is 13.3. The van der Waals surface area contributed by atoms with Gasteiger partial charge in [-0.15, -0.1) is 0 Å². The number of aromatic nitrogens is 1. The fraction of sp³-hybridized carbons (Fsp3) is 0. The Labute approximate surface area is 113 Å². The van der Waals surface area contributed by atoms with Gasteiger partial charge in [-0.1, -0.05) is 0 Å². The molecule has 0 bridgehead atoms. The highest BCUT2D eigenvalue weighted by Crippen LogP contribution is 2.26. The second-order valence-corrected chi connectivity index (χ2v) is 4.29. The minimum Gasteiger partial charge on any atom is -0.476 e. The molecule has 6 nitrogen and oxygen atoms in total. The maximum atomic E-state index is 13.3. The molecule has 0 saturated carbocycles. The highest BCUT2D eigenvalue weighted by Gasteiger charge is 2.25. The van der Waals surface area contributed by atoms with Crippen LogP contribution in [0, 0.1) is 5.82 Å². The lowest BCUT2D eigenvalue weighted by Crippen LogP contribution is -2.05. The SMILES string of the molecule is O=C(O)c1nc(-c2ccc(Br)c(F)c2)oc1C(=O)O. The summed E-state index contributed by atoms with van der Waals surface area (Å²) in [5.74, 6) is -4.78. The van der Waals surface area contributed by atoms with Crippen LogP contribution in [0.1, 0.15) is 21.0 Å². The number of halogens is 2. The Morgan fingerprint density at radius 1 is 1.26 bits per heavy atom. The van der Waals surface area contributed by atoms with Crippen LogP contribution in [0.5, 0.6) is 0 Å². The van der Waals surface area contributed by atoms with Crippen LogP contribution in [0.4, 0.5) is 4.39 Å². The molecule has 1 heterocycles. The van der Waals surface area contributed by atoms with Crippen LogP contribution in [-0.2, 0) is 0 Å². The third-order valence-corrected chi connectivity index (χ3v) is 2.83. The first-order valence-electron chi connectivity index (χ1n) is 4.83. The van der Waals surface area contributed by atoms with Gasteiger partial charge >= 0.3 is 11.9 Å². The predicted octanol–water partition coefficient (Wildman–Crippen LogP) is 2.64. The van der Waals surface area contributed by atoms with E-state index in [-0.39, 0.29) is 15.9 Å². The molecule has 19 heavy (non-hydrogen) atoms. The summed E-state index contributed by atoms with van der Waals surface area (Å²) >= 11 is 2.95. The van der Waals surface area contributed by atoms with Gasteiger partial charge in [0, 0.05) is 5.56 Å². The van der Waals surface area contributed by atoms with Gasteiger partial charge in [0.05, 0.1) is 4.47 Å². The lowest BCUT2D eigenvalue weighted by molar-refractivity contribution is 0.0624. The molecule has 8 heteroatoms. The molecule has 0 spiro atoms. The molecule has 0 unspecified atom stereocenters. The molecule has 0 saturated heterocycles. The van der Waals surface area contributed by atoms with Crippen molar-refractivity contribution >= 4 is 27.9 Å². The quantitative estimate of drug-likeness (QED) is 0.897. The molecular weight excluding hydrogens is 325 g/mol. The van der Waals surface area contributed by atoms with Gasteiger partial charge in [0.25, 0.3) is 0 Å². The molecule has 0 radical (unpaired) electrons. The molecule has 0 aliphatic rings. The number of nitrogens with zero attached hydrogens (tertiary/aromatic N) is 1. The Morgan fingerprint density at radius 2 is 1.95 bits per heavy atom. The molecule has 0 atom stereocenters. The van der Waals surface area contributed by atoms with Crippen LogP contribution in [-0.4, -0.2) is 27.1 Å². The predicted molar refractivity (Wildman–Crippen MR) is 63.5 cm³/mol. The Kier molecular flexibility index (Phi) is 3.34. The molecule has 2 rings (SSSR count). The number of hydrogen-bond donors (Lipinski definition) is 2. The summed E-state index contributed by atoms with van der Waals surface area (Å²) in [6.07, 6.45) is 0. The number of carboxylic acid groups (broad SMARTS) is 2. The van der Waals surface area contributed by atoms with E-state index >= 15 is 0 Å². The Morgan fingerprint density at radius 3 is 2.42 bits per heavy atom. The average molecular weight is 330 g/mol. The van der Waals surface area contributed by atoms with Crippen LogP contribution in [0.2, 0.25) is 0 Å². The van der Waals surface area contributed by atoms with Crippen molar-refractivity contribution in [3.63, 3.8) is 0 Å². The zero-order valence-corrected chi connectivity index (χ0v) is 10.6. The normalized spacial score (nSPS) is 10.4. The lowest BCUT2D eigenvalue weighted by atomic mass is 10.2. The summed E-state index contributed by atoms with van der Waals surface area (Å²) in [5.41, 5.74) is -0.596. The van der Waals surface area contributed by atoms with Crippen LogP contribution in [0.25, 0.3) is 11.5 Å². The minimum atomic E-state index is -1.56. The zero-order chi connectivity index (χ0) is 14.2. The van der Waals surface area contributed by atoms with Gasteiger partial charge in [-0.3, -0.25) is 0 Å². The summed E-state index contributed by atoms with van der Waals surface area (Å²) < 4.78 is 18.4. The van der Waals surface area contributed by atoms with E-state index in [2.05, 4.69) is 20.9 Å². The van der Waals surface area contributed by atoms with E-state index in [4.69, 9.17) is 14.6 Å². The number of oxazole rings is 1. The van der Waals surface area contributed by atoms with Crippen molar-refractivity contribution in [1.29, 1.82) is 0 Å². The fourth-order valence-electron chi connectivity index (χ4n) is 1.36. The van der Waals surface area contributed by atoms with Crippen molar-refractivity contribution in [3.05, 3.63) is 39.9 Å². The van der Waals surface area contributed by atoms with Gasteiger partial charge in [-0.05, 0) is 34.1 Å². The van der Waals surface area contributed by atoms with Crippen molar-refractivity contribution in [2.45, 2.75) is 0 Å². The zero-order valence-electron chi connectivity index (χ0n) is 9.05. The molecule has 0 amide bonds. The van der Waals surface area contributed by atoms with Crippen LogP contribution >= 0.6 is 15.9 Å². The van der Waals surface area contributed by atoms with E-state index in [9.17, 15) is 14.0 Å². The van der Waals surface area contributed by atoms with Crippen LogP contribution in [0.3, 0.4) is 0 Å². The van der Waals surface area contributed by atoms with E-state index in [0.717, 1.165) is 6.07 Å². The maximum Gasteiger partial charge on any atom is 0.374 e. The first kappa shape index (κ1) is 13.2. The van der Waals surface area contributed by atoms with Gasteiger partial charge in [0.2, 0.25) is 17.3 Å². The largest absolute Gasteiger partial charge is 0.476 e. The number of carboxylic acids is 2. The smallest absolute Gasteiger partial charge is 0.374 e. The molecule has 0 aliphatic carbocycles. The number of benzene rings is 1. The monoisotopic (exact) mass is 329 g/mol. The van der Waals surface area contributed by atoms with Crippen molar-refractivity contribution in [1.82, 2.24) is 4.98 Å². The third kappa shape index (κ3) is 2.48. The molecular formula is C11H5BrFNO5. The van der Waals surface area contributed by atoms with E-state index in [1.807, 2.05) is 0 Å².